The zero-order chi connectivity index (χ0) is 59.1. The number of nitrogens with zero attached hydrogens (tertiary/aromatic N) is 4. The number of aromatic nitrogens is 2. The minimum atomic E-state index is -0.718. The second kappa shape index (κ2) is 20.8. The number of anilines is 5. The fourth-order valence-corrected chi connectivity index (χ4v) is 18.8. The minimum absolute atomic E-state index is 0.0705. The van der Waals surface area contributed by atoms with Gasteiger partial charge in [0.05, 0.1) is 16.6 Å². The van der Waals surface area contributed by atoms with Gasteiger partial charge in [0.25, 0.3) is 0 Å². The van der Waals surface area contributed by atoms with Crippen molar-refractivity contribution in [3.8, 4) is 22.5 Å². The Bertz CT molecular complexity index is 4540. The summed E-state index contributed by atoms with van der Waals surface area (Å²) in [6.07, 6.45) is 20.7. The van der Waals surface area contributed by atoms with Crippen LogP contribution in [0.2, 0.25) is 0 Å². The second-order valence-electron chi connectivity index (χ2n) is 28.4. The molecule has 1 saturated carbocycles. The first-order valence-electron chi connectivity index (χ1n) is 34.1. The Labute approximate surface area is 527 Å². The summed E-state index contributed by atoms with van der Waals surface area (Å²) in [6, 6.07) is 82.7. The summed E-state index contributed by atoms with van der Waals surface area (Å²) in [7, 11) is 0. The van der Waals surface area contributed by atoms with Crippen LogP contribution in [0.25, 0.3) is 33.4 Å². The lowest BCUT2D eigenvalue weighted by Gasteiger charge is -2.49. The summed E-state index contributed by atoms with van der Waals surface area (Å²) in [5, 5.41) is 1.41. The van der Waals surface area contributed by atoms with E-state index in [0.29, 0.717) is 12.0 Å². The fraction of sp³-hybridized carbons (Fsp3) is 0.286. The van der Waals surface area contributed by atoms with Crippen molar-refractivity contribution in [1.82, 2.24) is 9.13 Å². The molecule has 9 aromatic carbocycles. The van der Waals surface area contributed by atoms with E-state index in [1.165, 1.54) is 206 Å². The predicted molar refractivity (Wildman–Crippen MR) is 373 cm³/mol. The van der Waals surface area contributed by atoms with Crippen LogP contribution in [0.15, 0.2) is 206 Å². The molecule has 0 spiro atoms. The van der Waals surface area contributed by atoms with Gasteiger partial charge in [0, 0.05) is 74.1 Å². The van der Waals surface area contributed by atoms with Crippen LogP contribution in [0.5, 0.6) is 0 Å². The highest BCUT2D eigenvalue weighted by molar-refractivity contribution is 6.99. The molecule has 5 heteroatoms. The van der Waals surface area contributed by atoms with Gasteiger partial charge in [-0.3, -0.25) is 0 Å². The Hall–Kier alpha value is -8.54. The van der Waals surface area contributed by atoms with E-state index in [1.54, 1.807) is 22.5 Å². The molecule has 2 aromatic heterocycles. The van der Waals surface area contributed by atoms with Crippen LogP contribution in [0, 0.1) is 0 Å². The van der Waals surface area contributed by atoms with E-state index in [-0.39, 0.29) is 12.1 Å². The van der Waals surface area contributed by atoms with Gasteiger partial charge in [-0.1, -0.05) is 191 Å². The standard InChI is InChI=1S/C84H79BN4/c1-83(2,3)58-44-49-79(68(50-58)55-26-8-4-9-27-55)89-80-53-60(87-75-41-23-18-35-65(75)66-36-19-24-42-76(66)87)46-48-72(80)85-71-47-45-59(86-73-39-21-16-33-63(73)64-34-17-22-40-74(64)86)51-69(71)84(56-28-10-5-11-29-56,57-30-12-6-13-31-57)70-52-61(54-81(89)82(70)85)88-77-38-15-7-14-32-62(77)67-37-20-25-43-78(67)88/h4-6,8-13,18,20,23,25-31,35,37,41,43-54,62,77H,7,14-17,19,21-22,24,32-34,36,38-40,42H2,1-3H3. The molecule has 1 fully saturated rings. The molecule has 18 rings (SSSR count). The Morgan fingerprint density at radius 2 is 1.01 bits per heavy atom. The summed E-state index contributed by atoms with van der Waals surface area (Å²) in [6.45, 7) is 7.04. The summed E-state index contributed by atoms with van der Waals surface area (Å²) >= 11 is 0. The van der Waals surface area contributed by atoms with E-state index in [9.17, 15) is 0 Å². The average molecular weight is 1160 g/mol. The molecule has 11 aromatic rings. The summed E-state index contributed by atoms with van der Waals surface area (Å²) < 4.78 is 5.48. The van der Waals surface area contributed by atoms with Gasteiger partial charge in [-0.2, -0.15) is 0 Å². The SMILES string of the molecule is CC(C)(C)c1ccc(N2c3cc(-n4c5c(c6ccccc64)CCCC5)ccc3B3c4ccc(-n5c6c(c7c5CCCC7)CCCC6)cc4C(c4ccccc4)(c4ccccc4)c4cc(N5c6ccccc6C6CCCCCC65)cc2c43)c(-c2ccccc2)c1. The van der Waals surface area contributed by atoms with Crippen molar-refractivity contribution in [2.75, 3.05) is 9.80 Å². The molecule has 2 unspecified atom stereocenters. The molecule has 89 heavy (non-hydrogen) atoms. The zero-order valence-electron chi connectivity index (χ0n) is 52.2. The molecule has 3 aliphatic heterocycles. The van der Waals surface area contributed by atoms with E-state index in [1.807, 2.05) is 0 Å². The average Bonchev–Trinajstić information content (AvgIpc) is 1.26. The van der Waals surface area contributed by atoms with Gasteiger partial charge in [-0.15, -0.1) is 0 Å². The van der Waals surface area contributed by atoms with Crippen LogP contribution < -0.4 is 26.2 Å². The monoisotopic (exact) mass is 1150 g/mol. The second-order valence-corrected chi connectivity index (χ2v) is 28.4. The third-order valence-electron chi connectivity index (χ3n) is 22.7. The van der Waals surface area contributed by atoms with Crippen molar-refractivity contribution >= 4 is 62.4 Å². The van der Waals surface area contributed by atoms with Crippen molar-refractivity contribution in [1.29, 1.82) is 0 Å². The van der Waals surface area contributed by atoms with Gasteiger partial charge in [0.2, 0.25) is 6.71 Å². The van der Waals surface area contributed by atoms with Crippen molar-refractivity contribution < 1.29 is 0 Å². The molecule has 438 valence electrons. The number of fused-ring (bicyclic) bond motifs is 13. The first-order valence-corrected chi connectivity index (χ1v) is 34.1. The van der Waals surface area contributed by atoms with E-state index < -0.39 is 5.41 Å². The molecule has 7 aliphatic rings. The van der Waals surface area contributed by atoms with E-state index >= 15 is 0 Å². The lowest BCUT2D eigenvalue weighted by molar-refractivity contribution is 0.529. The highest BCUT2D eigenvalue weighted by atomic mass is 15.2. The third kappa shape index (κ3) is 8.04. The number of rotatable bonds is 7. The highest BCUT2D eigenvalue weighted by Gasteiger charge is 2.53. The first kappa shape index (κ1) is 53.5. The molecular weight excluding hydrogens is 1080 g/mol. The molecule has 0 bridgehead atoms. The van der Waals surface area contributed by atoms with Crippen LogP contribution in [-0.2, 0) is 49.4 Å². The molecule has 4 aliphatic carbocycles. The minimum Gasteiger partial charge on any atom is -0.337 e. The van der Waals surface area contributed by atoms with Crippen LogP contribution in [0.1, 0.15) is 164 Å². The first-order chi connectivity index (χ1) is 43.8. The van der Waals surface area contributed by atoms with E-state index in [0.717, 1.165) is 25.7 Å². The van der Waals surface area contributed by atoms with E-state index in [2.05, 4.69) is 246 Å². The number of benzene rings is 9. The number of aryl methyl sites for hydroxylation is 1. The smallest absolute Gasteiger partial charge is 0.247 e. The van der Waals surface area contributed by atoms with Gasteiger partial charge in [-0.05, 0) is 223 Å². The van der Waals surface area contributed by atoms with Gasteiger partial charge < -0.3 is 18.9 Å². The summed E-state index contributed by atoms with van der Waals surface area (Å²) in [5.41, 5.74) is 34.0. The molecule has 0 N–H and O–H groups in total. The van der Waals surface area contributed by atoms with Crippen molar-refractivity contribution in [2.24, 2.45) is 0 Å². The molecule has 0 radical (unpaired) electrons. The third-order valence-corrected chi connectivity index (χ3v) is 22.7. The highest BCUT2D eigenvalue weighted by Crippen LogP contribution is 2.56. The summed E-state index contributed by atoms with van der Waals surface area (Å²) in [4.78, 5) is 5.65. The van der Waals surface area contributed by atoms with Gasteiger partial charge in [0.15, 0.2) is 0 Å². The predicted octanol–water partition coefficient (Wildman–Crippen LogP) is 18.6. The van der Waals surface area contributed by atoms with Crippen molar-refractivity contribution in [2.45, 2.75) is 153 Å². The molecule has 4 nitrogen and oxygen atoms in total. The van der Waals surface area contributed by atoms with E-state index in [4.69, 9.17) is 0 Å². The Morgan fingerprint density at radius 3 is 1.73 bits per heavy atom. The maximum Gasteiger partial charge on any atom is 0.247 e. The normalized spacial score (nSPS) is 18.7. The van der Waals surface area contributed by atoms with Gasteiger partial charge in [-0.25, -0.2) is 0 Å². The Kier molecular flexibility index (Phi) is 12.5. The number of hydrogen-bond acceptors (Lipinski definition) is 2. The molecule has 2 atom stereocenters. The van der Waals surface area contributed by atoms with Crippen molar-refractivity contribution in [3.63, 3.8) is 0 Å². The van der Waals surface area contributed by atoms with Gasteiger partial charge in [0.1, 0.15) is 0 Å². The van der Waals surface area contributed by atoms with Gasteiger partial charge >= 0.3 is 0 Å². The van der Waals surface area contributed by atoms with Crippen LogP contribution in [-0.4, -0.2) is 21.9 Å². The number of hydrogen-bond donors (Lipinski definition) is 0. The van der Waals surface area contributed by atoms with Crippen molar-refractivity contribution in [3.05, 3.63) is 273 Å². The molecular formula is C84H79BN4. The zero-order valence-corrected chi connectivity index (χ0v) is 52.2. The number of para-hydroxylation sites is 2. The van der Waals surface area contributed by atoms with Crippen LogP contribution in [0.4, 0.5) is 28.4 Å². The Morgan fingerprint density at radius 1 is 0.427 bits per heavy atom. The molecule has 0 saturated heterocycles. The molecule has 0 amide bonds. The largest absolute Gasteiger partial charge is 0.337 e. The fourth-order valence-electron chi connectivity index (χ4n) is 18.8. The molecule has 5 heterocycles. The van der Waals surface area contributed by atoms with Crippen LogP contribution in [0.3, 0.4) is 0 Å². The lowest BCUT2D eigenvalue weighted by Crippen LogP contribution is -2.65. The van der Waals surface area contributed by atoms with Crippen LogP contribution >= 0.6 is 0 Å². The quantitative estimate of drug-likeness (QED) is 0.148. The lowest BCUT2D eigenvalue weighted by atomic mass is 9.29. The maximum atomic E-state index is 2.87. The summed E-state index contributed by atoms with van der Waals surface area (Å²) in [5.74, 6) is 0.472. The Balaban J connectivity index is 1.01. The topological polar surface area (TPSA) is 16.3 Å². The maximum absolute atomic E-state index is 2.87.